The van der Waals surface area contributed by atoms with E-state index in [1.807, 2.05) is 23.2 Å². The third-order valence-corrected chi connectivity index (χ3v) is 5.47. The molecule has 26 heavy (non-hydrogen) atoms. The Morgan fingerprint density at radius 2 is 2.08 bits per heavy atom. The molecule has 0 radical (unpaired) electrons. The van der Waals surface area contributed by atoms with Gasteiger partial charge in [0.15, 0.2) is 0 Å². The number of pyridine rings is 1. The summed E-state index contributed by atoms with van der Waals surface area (Å²) in [6.45, 7) is 2.34. The van der Waals surface area contributed by atoms with E-state index in [0.29, 0.717) is 24.2 Å². The number of carbonyl (C=O) groups is 1. The van der Waals surface area contributed by atoms with E-state index in [1.54, 1.807) is 19.4 Å². The fourth-order valence-corrected chi connectivity index (χ4v) is 4.16. The van der Waals surface area contributed by atoms with Crippen LogP contribution in [0, 0.1) is 0 Å². The average Bonchev–Trinajstić information content (AvgIpc) is 3.11. The highest BCUT2D eigenvalue weighted by Crippen LogP contribution is 2.31. The van der Waals surface area contributed by atoms with Gasteiger partial charge in [-0.25, -0.2) is 0 Å². The number of anilines is 2. The topological polar surface area (TPSA) is 45.7 Å². The molecule has 0 bridgehead atoms. The van der Waals surface area contributed by atoms with Crippen molar-refractivity contribution in [2.75, 3.05) is 36.6 Å². The van der Waals surface area contributed by atoms with Gasteiger partial charge in [-0.05, 0) is 49.1 Å². The number of amides is 1. The summed E-state index contributed by atoms with van der Waals surface area (Å²) in [6.07, 6.45) is 6.70. The summed E-state index contributed by atoms with van der Waals surface area (Å²) in [6, 6.07) is 7.92. The summed E-state index contributed by atoms with van der Waals surface area (Å²) in [7, 11) is 1.74. The fraction of sp³-hybridized carbons (Fsp3) is 0.400. The molecule has 0 saturated carbocycles. The maximum absolute atomic E-state index is 12.9. The van der Waals surface area contributed by atoms with Crippen molar-refractivity contribution in [1.29, 1.82) is 0 Å². The summed E-state index contributed by atoms with van der Waals surface area (Å²) in [5.74, 6) is 0.0109. The summed E-state index contributed by atoms with van der Waals surface area (Å²) in [4.78, 5) is 21.5. The van der Waals surface area contributed by atoms with E-state index in [4.69, 9.17) is 16.3 Å². The molecule has 0 N–H and O–H groups in total. The molecule has 1 atom stereocenters. The number of methoxy groups -OCH3 is 1. The molecule has 0 unspecified atom stereocenters. The van der Waals surface area contributed by atoms with Crippen LogP contribution in [0.3, 0.4) is 0 Å². The molecule has 2 aliphatic heterocycles. The van der Waals surface area contributed by atoms with Crippen LogP contribution in [0.5, 0.6) is 0 Å². The molecule has 1 fully saturated rings. The Morgan fingerprint density at radius 1 is 1.23 bits per heavy atom. The first-order valence-electron chi connectivity index (χ1n) is 8.98. The molecule has 3 heterocycles. The van der Waals surface area contributed by atoms with Crippen molar-refractivity contribution in [3.05, 3.63) is 52.8 Å². The van der Waals surface area contributed by atoms with Gasteiger partial charge in [0.25, 0.3) is 5.91 Å². The van der Waals surface area contributed by atoms with Gasteiger partial charge in [0.2, 0.25) is 0 Å². The highest BCUT2D eigenvalue weighted by molar-refractivity contribution is 6.30. The van der Waals surface area contributed by atoms with E-state index in [0.717, 1.165) is 48.3 Å². The molecule has 0 spiro atoms. The largest absolute Gasteiger partial charge is 0.383 e. The molecule has 5 nitrogen and oxygen atoms in total. The molecule has 1 aromatic heterocycles. The van der Waals surface area contributed by atoms with E-state index < -0.39 is 0 Å². The van der Waals surface area contributed by atoms with Gasteiger partial charge in [-0.15, -0.1) is 0 Å². The molecule has 1 amide bonds. The van der Waals surface area contributed by atoms with Crippen LogP contribution in [0.15, 0.2) is 36.7 Å². The van der Waals surface area contributed by atoms with Crippen LogP contribution in [0.1, 0.15) is 28.8 Å². The van der Waals surface area contributed by atoms with Gasteiger partial charge in [-0.2, -0.15) is 0 Å². The minimum absolute atomic E-state index is 0.0109. The number of fused-ring (bicyclic) bond motifs is 1. The van der Waals surface area contributed by atoms with Crippen LogP contribution < -0.4 is 9.80 Å². The molecule has 4 rings (SSSR count). The lowest BCUT2D eigenvalue weighted by molar-refractivity contribution is 0.0980. The van der Waals surface area contributed by atoms with E-state index in [9.17, 15) is 4.79 Å². The first-order valence-corrected chi connectivity index (χ1v) is 9.36. The van der Waals surface area contributed by atoms with Crippen molar-refractivity contribution in [1.82, 2.24) is 4.98 Å². The summed E-state index contributed by atoms with van der Waals surface area (Å²) >= 11 is 6.06. The van der Waals surface area contributed by atoms with Crippen molar-refractivity contribution < 1.29 is 9.53 Å². The van der Waals surface area contributed by atoms with Gasteiger partial charge < -0.3 is 14.5 Å². The Kier molecular flexibility index (Phi) is 4.83. The fourth-order valence-electron chi connectivity index (χ4n) is 3.97. The SMILES string of the molecule is COC[C@@H]1CCCN1c1cncc(N2CCc3cc(Cl)ccc3C2=O)c1. The quantitative estimate of drug-likeness (QED) is 0.824. The Hall–Kier alpha value is -2.11. The van der Waals surface area contributed by atoms with E-state index in [2.05, 4.69) is 16.0 Å². The van der Waals surface area contributed by atoms with Crippen LogP contribution in [-0.2, 0) is 11.2 Å². The Morgan fingerprint density at radius 3 is 2.92 bits per heavy atom. The van der Waals surface area contributed by atoms with Gasteiger partial charge in [0.1, 0.15) is 0 Å². The van der Waals surface area contributed by atoms with E-state index >= 15 is 0 Å². The number of hydrogen-bond acceptors (Lipinski definition) is 4. The van der Waals surface area contributed by atoms with Crippen molar-refractivity contribution in [2.24, 2.45) is 0 Å². The number of halogens is 1. The number of rotatable bonds is 4. The number of benzene rings is 1. The number of nitrogens with zero attached hydrogens (tertiary/aromatic N) is 3. The number of ether oxygens (including phenoxy) is 1. The lowest BCUT2D eigenvalue weighted by atomic mass is 9.99. The second-order valence-electron chi connectivity index (χ2n) is 6.85. The van der Waals surface area contributed by atoms with Gasteiger partial charge in [-0.3, -0.25) is 9.78 Å². The lowest BCUT2D eigenvalue weighted by Crippen LogP contribution is -2.38. The summed E-state index contributed by atoms with van der Waals surface area (Å²) < 4.78 is 5.35. The molecule has 6 heteroatoms. The van der Waals surface area contributed by atoms with Gasteiger partial charge >= 0.3 is 0 Å². The zero-order valence-corrected chi connectivity index (χ0v) is 15.6. The molecular formula is C20H22ClN3O2. The molecule has 2 aromatic rings. The second kappa shape index (κ2) is 7.25. The zero-order valence-electron chi connectivity index (χ0n) is 14.8. The van der Waals surface area contributed by atoms with Crippen molar-refractivity contribution in [3.63, 3.8) is 0 Å². The molecular weight excluding hydrogens is 350 g/mol. The molecule has 1 saturated heterocycles. The monoisotopic (exact) mass is 371 g/mol. The van der Waals surface area contributed by atoms with E-state index in [1.165, 1.54) is 0 Å². The minimum Gasteiger partial charge on any atom is -0.383 e. The Balaban J connectivity index is 1.61. The number of aromatic nitrogens is 1. The molecule has 136 valence electrons. The van der Waals surface area contributed by atoms with Crippen LogP contribution in [0.2, 0.25) is 5.02 Å². The molecule has 0 aliphatic carbocycles. The second-order valence-corrected chi connectivity index (χ2v) is 7.29. The highest BCUT2D eigenvalue weighted by Gasteiger charge is 2.28. The summed E-state index contributed by atoms with van der Waals surface area (Å²) in [5.41, 5.74) is 3.64. The smallest absolute Gasteiger partial charge is 0.258 e. The predicted octanol–water partition coefficient (Wildman–Crippen LogP) is 3.55. The van der Waals surface area contributed by atoms with Gasteiger partial charge in [-0.1, -0.05) is 11.6 Å². The van der Waals surface area contributed by atoms with Crippen molar-refractivity contribution in [3.8, 4) is 0 Å². The standard InChI is InChI=1S/C20H22ClN3O2/c1-26-13-16-3-2-7-23(16)17-10-18(12-22-11-17)24-8-6-14-9-15(21)4-5-19(14)20(24)25/h4-5,9-12,16H,2-3,6-8,13H2,1H3/t16-/m0/s1. The molecule has 2 aliphatic rings. The highest BCUT2D eigenvalue weighted by atomic mass is 35.5. The van der Waals surface area contributed by atoms with Crippen molar-refractivity contribution >= 4 is 28.9 Å². The van der Waals surface area contributed by atoms with Crippen LogP contribution >= 0.6 is 11.6 Å². The normalized spacial score (nSPS) is 19.8. The van der Waals surface area contributed by atoms with Crippen LogP contribution in [0.4, 0.5) is 11.4 Å². The van der Waals surface area contributed by atoms with Crippen LogP contribution in [-0.4, -0.2) is 43.7 Å². The maximum Gasteiger partial charge on any atom is 0.258 e. The first kappa shape index (κ1) is 17.3. The average molecular weight is 372 g/mol. The predicted molar refractivity (Wildman–Crippen MR) is 103 cm³/mol. The van der Waals surface area contributed by atoms with E-state index in [-0.39, 0.29) is 5.91 Å². The Labute approximate surface area is 158 Å². The van der Waals surface area contributed by atoms with Gasteiger partial charge in [0, 0.05) is 30.8 Å². The number of carbonyl (C=O) groups excluding carboxylic acids is 1. The molecule has 1 aromatic carbocycles. The zero-order chi connectivity index (χ0) is 18.1. The lowest BCUT2D eigenvalue weighted by Gasteiger charge is -2.30. The van der Waals surface area contributed by atoms with Gasteiger partial charge in [0.05, 0.1) is 36.4 Å². The maximum atomic E-state index is 12.9. The minimum atomic E-state index is 0.0109. The first-order chi connectivity index (χ1) is 12.7. The number of hydrogen-bond donors (Lipinski definition) is 0. The van der Waals surface area contributed by atoms with Crippen molar-refractivity contribution in [2.45, 2.75) is 25.3 Å². The third-order valence-electron chi connectivity index (χ3n) is 5.24. The summed E-state index contributed by atoms with van der Waals surface area (Å²) in [5, 5.41) is 0.673. The third kappa shape index (κ3) is 3.17. The Bertz CT molecular complexity index is 826. The van der Waals surface area contributed by atoms with Crippen LogP contribution in [0.25, 0.3) is 0 Å².